The SMILES string of the molecule is C[C@H]1CCc2c([nH]c3ccccc23)[C@]2(N1)C(=O)Nc1ccccc12. The van der Waals surface area contributed by atoms with E-state index in [4.69, 9.17) is 0 Å². The van der Waals surface area contributed by atoms with Crippen molar-refractivity contribution in [1.29, 1.82) is 0 Å². The first-order valence-corrected chi connectivity index (χ1v) is 8.49. The normalized spacial score (nSPS) is 25.4. The number of benzene rings is 2. The number of carbonyl (C=O) groups excluding carboxylic acids is 1. The average Bonchev–Trinajstić information content (AvgIpc) is 3.04. The molecule has 1 aromatic heterocycles. The summed E-state index contributed by atoms with van der Waals surface area (Å²) in [6, 6.07) is 16.6. The Hall–Kier alpha value is -2.59. The van der Waals surface area contributed by atoms with Crippen molar-refractivity contribution in [2.75, 3.05) is 5.32 Å². The van der Waals surface area contributed by atoms with Crippen molar-refractivity contribution in [3.05, 3.63) is 65.4 Å². The minimum atomic E-state index is -0.832. The molecule has 120 valence electrons. The highest BCUT2D eigenvalue weighted by atomic mass is 16.2. The Morgan fingerprint density at radius 2 is 1.88 bits per heavy atom. The van der Waals surface area contributed by atoms with E-state index in [0.29, 0.717) is 0 Å². The number of amides is 1. The van der Waals surface area contributed by atoms with Gasteiger partial charge >= 0.3 is 0 Å². The van der Waals surface area contributed by atoms with E-state index in [-0.39, 0.29) is 11.9 Å². The van der Waals surface area contributed by atoms with E-state index in [1.807, 2.05) is 30.3 Å². The highest BCUT2D eigenvalue weighted by molar-refractivity contribution is 6.09. The number of fused-ring (bicyclic) bond motifs is 6. The number of hydrogen-bond donors (Lipinski definition) is 3. The topological polar surface area (TPSA) is 56.9 Å². The Labute approximate surface area is 140 Å². The van der Waals surface area contributed by atoms with Crippen molar-refractivity contribution >= 4 is 22.5 Å². The molecule has 0 fully saturated rings. The quantitative estimate of drug-likeness (QED) is 0.596. The molecular weight excluding hydrogens is 298 g/mol. The number of aromatic amines is 1. The predicted octanol–water partition coefficient (Wildman–Crippen LogP) is 3.29. The fourth-order valence-corrected chi connectivity index (χ4v) is 4.30. The fourth-order valence-electron chi connectivity index (χ4n) is 4.30. The molecule has 0 saturated carbocycles. The molecule has 3 heterocycles. The molecule has 3 aromatic rings. The van der Waals surface area contributed by atoms with Crippen LogP contribution in [0.4, 0.5) is 5.69 Å². The van der Waals surface area contributed by atoms with Gasteiger partial charge in [0.1, 0.15) is 0 Å². The molecule has 3 N–H and O–H groups in total. The molecular formula is C20H19N3O. The van der Waals surface area contributed by atoms with E-state index in [0.717, 1.165) is 35.3 Å². The molecule has 2 atom stereocenters. The number of para-hydroxylation sites is 2. The van der Waals surface area contributed by atoms with Gasteiger partial charge < -0.3 is 10.3 Å². The summed E-state index contributed by atoms with van der Waals surface area (Å²) >= 11 is 0. The highest BCUT2D eigenvalue weighted by Gasteiger charge is 2.52. The summed E-state index contributed by atoms with van der Waals surface area (Å²) in [4.78, 5) is 16.7. The van der Waals surface area contributed by atoms with Crippen LogP contribution < -0.4 is 10.6 Å². The highest BCUT2D eigenvalue weighted by Crippen LogP contribution is 2.45. The lowest BCUT2D eigenvalue weighted by molar-refractivity contribution is -0.120. The number of aryl methyl sites for hydroxylation is 1. The average molecular weight is 317 g/mol. The van der Waals surface area contributed by atoms with Gasteiger partial charge in [-0.05, 0) is 37.5 Å². The first kappa shape index (κ1) is 13.8. The third kappa shape index (κ3) is 1.64. The van der Waals surface area contributed by atoms with Crippen molar-refractivity contribution in [2.24, 2.45) is 0 Å². The lowest BCUT2D eigenvalue weighted by Gasteiger charge is -2.30. The van der Waals surface area contributed by atoms with Gasteiger partial charge in [-0.3, -0.25) is 10.1 Å². The Morgan fingerprint density at radius 1 is 1.08 bits per heavy atom. The predicted molar refractivity (Wildman–Crippen MR) is 95.1 cm³/mol. The molecule has 0 saturated heterocycles. The maximum absolute atomic E-state index is 13.2. The summed E-state index contributed by atoms with van der Waals surface area (Å²) in [7, 11) is 0. The van der Waals surface area contributed by atoms with Crippen molar-refractivity contribution < 1.29 is 4.79 Å². The standard InChI is InChI=1S/C20H19N3O/c1-12-10-11-14-13-6-2-4-8-16(13)21-18(14)20(23-12)15-7-3-5-9-17(15)22-19(20)24/h2-9,12,21,23H,10-11H2,1H3,(H,22,24)/t12-,20-/m0/s1. The van der Waals surface area contributed by atoms with E-state index < -0.39 is 5.54 Å². The van der Waals surface area contributed by atoms with Gasteiger partial charge in [0, 0.05) is 28.2 Å². The second-order valence-electron chi connectivity index (χ2n) is 6.86. The van der Waals surface area contributed by atoms with Gasteiger partial charge in [-0.15, -0.1) is 0 Å². The molecule has 5 rings (SSSR count). The van der Waals surface area contributed by atoms with Gasteiger partial charge in [0.05, 0.1) is 5.69 Å². The van der Waals surface area contributed by atoms with Crippen LogP contribution in [0.3, 0.4) is 0 Å². The van der Waals surface area contributed by atoms with E-state index in [1.54, 1.807) is 0 Å². The molecule has 24 heavy (non-hydrogen) atoms. The lowest BCUT2D eigenvalue weighted by Crippen LogP contribution is -2.52. The van der Waals surface area contributed by atoms with E-state index >= 15 is 0 Å². The van der Waals surface area contributed by atoms with Crippen molar-refractivity contribution in [3.8, 4) is 0 Å². The molecule has 0 radical (unpaired) electrons. The molecule has 0 unspecified atom stereocenters. The van der Waals surface area contributed by atoms with Gasteiger partial charge in [-0.2, -0.15) is 0 Å². The second kappa shape index (κ2) is 4.71. The summed E-state index contributed by atoms with van der Waals surface area (Å²) in [5, 5.41) is 7.93. The van der Waals surface area contributed by atoms with Crippen molar-refractivity contribution in [1.82, 2.24) is 10.3 Å². The van der Waals surface area contributed by atoms with Gasteiger partial charge in [0.2, 0.25) is 0 Å². The van der Waals surface area contributed by atoms with Crippen LogP contribution in [0.1, 0.15) is 30.2 Å². The summed E-state index contributed by atoms with van der Waals surface area (Å²) in [6.45, 7) is 2.16. The first-order chi connectivity index (χ1) is 11.7. The van der Waals surface area contributed by atoms with Crippen LogP contribution in [-0.4, -0.2) is 16.9 Å². The third-order valence-corrected chi connectivity index (χ3v) is 5.40. The smallest absolute Gasteiger partial charge is 0.255 e. The maximum Gasteiger partial charge on any atom is 0.255 e. The number of carbonyl (C=O) groups is 1. The number of nitrogens with one attached hydrogen (secondary N) is 3. The summed E-state index contributed by atoms with van der Waals surface area (Å²) in [6.07, 6.45) is 1.97. The van der Waals surface area contributed by atoms with Crippen LogP contribution in [0.25, 0.3) is 10.9 Å². The molecule has 2 aromatic carbocycles. The number of anilines is 1. The van der Waals surface area contributed by atoms with Gasteiger partial charge in [-0.25, -0.2) is 0 Å². The molecule has 4 heteroatoms. The van der Waals surface area contributed by atoms with Gasteiger partial charge in [0.15, 0.2) is 5.54 Å². The molecule has 0 aliphatic carbocycles. The minimum Gasteiger partial charge on any atom is -0.356 e. The largest absolute Gasteiger partial charge is 0.356 e. The Balaban J connectivity index is 1.88. The zero-order chi connectivity index (χ0) is 16.3. The van der Waals surface area contributed by atoms with Gasteiger partial charge in [0.25, 0.3) is 5.91 Å². The van der Waals surface area contributed by atoms with E-state index in [1.165, 1.54) is 10.9 Å². The molecule has 0 bridgehead atoms. The second-order valence-corrected chi connectivity index (χ2v) is 6.86. The van der Waals surface area contributed by atoms with Gasteiger partial charge in [-0.1, -0.05) is 36.4 Å². The molecule has 1 spiro atoms. The Bertz CT molecular complexity index is 974. The third-order valence-electron chi connectivity index (χ3n) is 5.40. The monoisotopic (exact) mass is 317 g/mol. The zero-order valence-electron chi connectivity index (χ0n) is 13.5. The number of rotatable bonds is 0. The first-order valence-electron chi connectivity index (χ1n) is 8.49. The zero-order valence-corrected chi connectivity index (χ0v) is 13.5. The molecule has 2 aliphatic rings. The van der Waals surface area contributed by atoms with E-state index in [2.05, 4.69) is 40.7 Å². The molecule has 4 nitrogen and oxygen atoms in total. The number of hydrogen-bond acceptors (Lipinski definition) is 2. The van der Waals surface area contributed by atoms with E-state index in [9.17, 15) is 4.79 Å². The van der Waals surface area contributed by atoms with Crippen molar-refractivity contribution in [3.63, 3.8) is 0 Å². The lowest BCUT2D eigenvalue weighted by atomic mass is 9.85. The Kier molecular flexibility index (Phi) is 2.71. The summed E-state index contributed by atoms with van der Waals surface area (Å²) in [5.74, 6) is 0.00487. The fraction of sp³-hybridized carbons (Fsp3) is 0.250. The van der Waals surface area contributed by atoms with Crippen LogP contribution in [-0.2, 0) is 16.8 Å². The molecule has 1 amide bonds. The van der Waals surface area contributed by atoms with Crippen LogP contribution in [0, 0.1) is 0 Å². The summed E-state index contributed by atoms with van der Waals surface area (Å²) in [5.41, 5.74) is 4.42. The molecule has 2 aliphatic heterocycles. The maximum atomic E-state index is 13.2. The number of aromatic nitrogens is 1. The Morgan fingerprint density at radius 3 is 2.79 bits per heavy atom. The van der Waals surface area contributed by atoms with Crippen LogP contribution in [0.15, 0.2) is 48.5 Å². The van der Waals surface area contributed by atoms with Crippen LogP contribution >= 0.6 is 0 Å². The minimum absolute atomic E-state index is 0.00487. The number of H-pyrrole nitrogens is 1. The van der Waals surface area contributed by atoms with Crippen LogP contribution in [0.5, 0.6) is 0 Å². The van der Waals surface area contributed by atoms with Crippen LogP contribution in [0.2, 0.25) is 0 Å². The van der Waals surface area contributed by atoms with Crippen molar-refractivity contribution in [2.45, 2.75) is 31.3 Å². The summed E-state index contributed by atoms with van der Waals surface area (Å²) < 4.78 is 0.